The van der Waals surface area contributed by atoms with Crippen molar-refractivity contribution >= 4 is 0 Å². The first-order valence-electron chi connectivity index (χ1n) is 6.31. The van der Waals surface area contributed by atoms with Gasteiger partial charge < -0.3 is 0 Å². The topological polar surface area (TPSA) is 23.1 Å². The van der Waals surface area contributed by atoms with Crippen LogP contribution < -0.4 is 0 Å². The molecule has 0 aliphatic rings. The highest BCUT2D eigenvalue weighted by atomic mass is 19.4. The first-order valence-corrected chi connectivity index (χ1v) is 6.31. The minimum Gasteiger partial charge on any atom is -0.203 e. The summed E-state index contributed by atoms with van der Waals surface area (Å²) in [4.78, 5) is 0. The Morgan fingerprint density at radius 2 is 1.12 bits per heavy atom. The Kier molecular flexibility index (Phi) is 6.12. The molecule has 0 N–H and O–H groups in total. The molecule has 2 nitrogen and oxygen atoms in total. The molecular formula is C11H12F12NO. The average molecular weight is 402 g/mol. The smallest absolute Gasteiger partial charge is 0.203 e. The zero-order valence-electron chi connectivity index (χ0n) is 12.7. The molecule has 0 bridgehead atoms. The molecule has 151 valence electrons. The predicted molar refractivity (Wildman–Crippen MR) is 57.6 cm³/mol. The van der Waals surface area contributed by atoms with E-state index in [4.69, 9.17) is 0 Å². The summed E-state index contributed by atoms with van der Waals surface area (Å²) in [6.45, 7) is 2.07. The van der Waals surface area contributed by atoms with Gasteiger partial charge in [0.05, 0.1) is 0 Å². The fourth-order valence-corrected chi connectivity index (χ4v) is 1.38. The fourth-order valence-electron chi connectivity index (χ4n) is 1.38. The van der Waals surface area contributed by atoms with E-state index in [9.17, 15) is 57.9 Å². The number of rotatable bonds is 8. The van der Waals surface area contributed by atoms with E-state index >= 15 is 0 Å². The van der Waals surface area contributed by atoms with Gasteiger partial charge in [0.2, 0.25) is 0 Å². The first kappa shape index (κ1) is 24.1. The van der Waals surface area contributed by atoms with Gasteiger partial charge in [0.15, 0.2) is 0 Å². The first-order chi connectivity index (χ1) is 10.7. The minimum absolute atomic E-state index is 0.550. The minimum atomic E-state index is -7.70. The Hall–Kier alpha value is -0.920. The molecule has 0 aliphatic heterocycles. The highest BCUT2D eigenvalue weighted by Gasteiger charge is 2.89. The number of hydrogen-bond acceptors (Lipinski definition) is 1. The number of hydrogen-bond donors (Lipinski definition) is 0. The van der Waals surface area contributed by atoms with Crippen molar-refractivity contribution in [3.63, 3.8) is 0 Å². The van der Waals surface area contributed by atoms with Gasteiger partial charge in [-0.1, -0.05) is 12.0 Å². The molecular weight excluding hydrogens is 390 g/mol. The molecule has 0 saturated carbocycles. The van der Waals surface area contributed by atoms with Gasteiger partial charge in [-0.05, 0) is 20.3 Å². The van der Waals surface area contributed by atoms with E-state index in [0.717, 1.165) is 6.92 Å². The Bertz CT molecular complexity index is 476. The van der Waals surface area contributed by atoms with Crippen molar-refractivity contribution in [2.24, 2.45) is 0 Å². The maximum atomic E-state index is 13.5. The molecule has 25 heavy (non-hydrogen) atoms. The molecule has 0 aromatic heterocycles. The van der Waals surface area contributed by atoms with Crippen LogP contribution in [-0.4, -0.2) is 46.8 Å². The molecule has 0 amide bonds. The summed E-state index contributed by atoms with van der Waals surface area (Å²) in [5.74, 6) is -29.8. The van der Waals surface area contributed by atoms with Crippen LogP contribution in [0.4, 0.5) is 52.7 Å². The Balaban J connectivity index is 6.30. The van der Waals surface area contributed by atoms with Gasteiger partial charge in [0.25, 0.3) is 0 Å². The summed E-state index contributed by atoms with van der Waals surface area (Å²) in [7, 11) is 0. The van der Waals surface area contributed by atoms with Crippen molar-refractivity contribution in [2.45, 2.75) is 68.9 Å². The van der Waals surface area contributed by atoms with Gasteiger partial charge >= 0.3 is 36.2 Å². The van der Waals surface area contributed by atoms with Crippen molar-refractivity contribution in [2.75, 3.05) is 0 Å². The van der Waals surface area contributed by atoms with Crippen LogP contribution in [-0.2, 0) is 5.21 Å². The maximum absolute atomic E-state index is 13.5. The van der Waals surface area contributed by atoms with Crippen molar-refractivity contribution in [3.05, 3.63) is 0 Å². The Labute approximate surface area is 133 Å². The van der Waals surface area contributed by atoms with Crippen LogP contribution in [0.1, 0.15) is 27.2 Å². The molecule has 0 fully saturated rings. The van der Waals surface area contributed by atoms with E-state index < -0.39 is 53.2 Å². The monoisotopic (exact) mass is 402 g/mol. The van der Waals surface area contributed by atoms with Crippen molar-refractivity contribution in [1.82, 2.24) is 5.06 Å². The summed E-state index contributed by atoms with van der Waals surface area (Å²) in [5.41, 5.74) is -2.51. The van der Waals surface area contributed by atoms with Gasteiger partial charge in [-0.2, -0.15) is 43.9 Å². The van der Waals surface area contributed by atoms with E-state index in [-0.39, 0.29) is 0 Å². The lowest BCUT2D eigenvalue weighted by atomic mass is 9.94. The van der Waals surface area contributed by atoms with Gasteiger partial charge in [-0.3, -0.25) is 0 Å². The SMILES string of the molecule is CCC(C)(C)N([O])C(F)(F)C(F)(F)C(F)(F)C(F)(F)C(F)(F)C(F)F. The second-order valence-corrected chi connectivity index (χ2v) is 5.65. The van der Waals surface area contributed by atoms with E-state index in [2.05, 4.69) is 0 Å². The molecule has 0 atom stereocenters. The zero-order valence-corrected chi connectivity index (χ0v) is 12.7. The third-order valence-electron chi connectivity index (χ3n) is 3.53. The van der Waals surface area contributed by atoms with Crippen LogP contribution >= 0.6 is 0 Å². The highest BCUT2D eigenvalue weighted by Crippen LogP contribution is 2.59. The molecule has 0 spiro atoms. The Morgan fingerprint density at radius 3 is 1.40 bits per heavy atom. The number of halogens is 12. The van der Waals surface area contributed by atoms with E-state index in [1.54, 1.807) is 0 Å². The normalized spacial score (nSPS) is 16.1. The molecule has 0 aliphatic carbocycles. The van der Waals surface area contributed by atoms with Crippen LogP contribution in [0, 0.1) is 0 Å². The predicted octanol–water partition coefficient (Wildman–Crippen LogP) is 5.22. The van der Waals surface area contributed by atoms with Crippen LogP contribution in [0.3, 0.4) is 0 Å². The van der Waals surface area contributed by atoms with Crippen LogP contribution in [0.5, 0.6) is 0 Å². The quantitative estimate of drug-likeness (QED) is 0.310. The van der Waals surface area contributed by atoms with Crippen molar-refractivity contribution < 1.29 is 57.9 Å². The second kappa shape index (κ2) is 6.35. The molecule has 14 heteroatoms. The number of hydroxylamine groups is 2. The number of alkyl halides is 12. The van der Waals surface area contributed by atoms with Crippen LogP contribution in [0.25, 0.3) is 0 Å². The summed E-state index contributed by atoms with van der Waals surface area (Å²) in [6.07, 6.45) is -6.25. The third-order valence-corrected chi connectivity index (χ3v) is 3.53. The zero-order chi connectivity index (χ0) is 20.9. The van der Waals surface area contributed by atoms with Gasteiger partial charge in [-0.25, -0.2) is 8.78 Å². The van der Waals surface area contributed by atoms with E-state index in [1.807, 2.05) is 0 Å². The molecule has 0 aromatic rings. The lowest BCUT2D eigenvalue weighted by molar-refractivity contribution is -0.475. The molecule has 0 rings (SSSR count). The largest absolute Gasteiger partial charge is 0.398 e. The fraction of sp³-hybridized carbons (Fsp3) is 1.00. The van der Waals surface area contributed by atoms with Crippen LogP contribution in [0.2, 0.25) is 0 Å². The van der Waals surface area contributed by atoms with E-state index in [1.165, 1.54) is 0 Å². The molecule has 0 heterocycles. The molecule has 0 saturated heterocycles. The summed E-state index contributed by atoms with van der Waals surface area (Å²) in [5, 5.41) is 9.34. The second-order valence-electron chi connectivity index (χ2n) is 5.65. The summed E-state index contributed by atoms with van der Waals surface area (Å²) >= 11 is 0. The lowest BCUT2D eigenvalue weighted by Gasteiger charge is -2.43. The summed E-state index contributed by atoms with van der Waals surface area (Å²) < 4.78 is 155. The van der Waals surface area contributed by atoms with Crippen LogP contribution in [0.15, 0.2) is 0 Å². The van der Waals surface area contributed by atoms with E-state index in [0.29, 0.717) is 13.8 Å². The third kappa shape index (κ3) is 3.26. The highest BCUT2D eigenvalue weighted by molar-refractivity contribution is 5.09. The average Bonchev–Trinajstić information content (AvgIpc) is 2.45. The lowest BCUT2D eigenvalue weighted by Crippen LogP contribution is -2.72. The summed E-state index contributed by atoms with van der Waals surface area (Å²) in [6, 6.07) is -6.63. The number of nitrogens with zero attached hydrogens (tertiary/aromatic N) is 1. The molecule has 0 aromatic carbocycles. The molecule has 1 radical (unpaired) electrons. The van der Waals surface area contributed by atoms with Gasteiger partial charge in [-0.15, -0.1) is 5.21 Å². The molecule has 0 unspecified atom stereocenters. The van der Waals surface area contributed by atoms with Crippen molar-refractivity contribution in [3.8, 4) is 0 Å². The maximum Gasteiger partial charge on any atom is 0.398 e. The standard InChI is InChI=1S/C11H12F12NO/c1-4-6(2,3)24(25)11(22,23)10(20,21)9(18,19)8(16,17)7(14,15)5(12)13/h5H,4H2,1-3H3. The van der Waals surface area contributed by atoms with Gasteiger partial charge in [0.1, 0.15) is 0 Å². The van der Waals surface area contributed by atoms with Crippen molar-refractivity contribution in [1.29, 1.82) is 0 Å². The van der Waals surface area contributed by atoms with Gasteiger partial charge in [0, 0.05) is 5.54 Å². The Morgan fingerprint density at radius 1 is 0.760 bits per heavy atom.